The van der Waals surface area contributed by atoms with Gasteiger partial charge < -0.3 is 5.73 Å². The van der Waals surface area contributed by atoms with Crippen LogP contribution in [0.5, 0.6) is 0 Å². The maximum Gasteiger partial charge on any atom is 0.191 e. The Balaban J connectivity index is 2.69. The summed E-state index contributed by atoms with van der Waals surface area (Å²) >= 11 is 1.50. The molecule has 0 saturated carbocycles. The lowest BCUT2D eigenvalue weighted by atomic mass is 10.2. The van der Waals surface area contributed by atoms with Crippen LogP contribution in [0.4, 0.5) is 0 Å². The van der Waals surface area contributed by atoms with Crippen LogP contribution in [-0.2, 0) is 6.42 Å². The number of aryl methyl sites for hydroxylation is 1. The monoisotopic (exact) mass is 226 g/mol. The minimum Gasteiger partial charge on any atom is -0.330 e. The van der Waals surface area contributed by atoms with Gasteiger partial charge in [-0.25, -0.2) is 4.98 Å². The van der Waals surface area contributed by atoms with E-state index < -0.39 is 0 Å². The Hall–Kier alpha value is -0.740. The number of ketones is 1. The fourth-order valence-corrected chi connectivity index (χ4v) is 2.40. The van der Waals surface area contributed by atoms with Crippen LogP contribution in [0.1, 0.15) is 46.6 Å². The molecule has 1 aromatic heterocycles. The van der Waals surface area contributed by atoms with Crippen LogP contribution in [0, 0.1) is 6.92 Å². The Morgan fingerprint density at radius 2 is 2.27 bits per heavy atom. The van der Waals surface area contributed by atoms with E-state index in [0.29, 0.717) is 18.0 Å². The number of Topliss-reactive ketones (excluding diaryl/α,β-unsaturated/α-hetero) is 1. The molecule has 0 aromatic carbocycles. The molecular formula is C11H18N2OS. The number of thiazole rings is 1. The second kappa shape index (κ2) is 5.98. The Morgan fingerprint density at radius 1 is 1.53 bits per heavy atom. The minimum absolute atomic E-state index is 0.174. The standard InChI is InChI=1S/C11H18N2OS/c1-3-4-5-9(14)11-13-8(2)10(15-11)6-7-12/h3-7,12H2,1-2H3. The first-order valence-corrected chi connectivity index (χ1v) is 6.20. The highest BCUT2D eigenvalue weighted by Gasteiger charge is 2.13. The molecule has 0 amide bonds. The van der Waals surface area contributed by atoms with Crippen molar-refractivity contribution in [1.82, 2.24) is 4.98 Å². The summed E-state index contributed by atoms with van der Waals surface area (Å²) in [5.41, 5.74) is 6.45. The number of nitrogens with two attached hydrogens (primary N) is 1. The van der Waals surface area contributed by atoms with Crippen molar-refractivity contribution in [1.29, 1.82) is 0 Å². The molecule has 0 unspecified atom stereocenters. The second-order valence-corrected chi connectivity index (χ2v) is 4.68. The Labute approximate surface area is 94.7 Å². The average Bonchev–Trinajstić information content (AvgIpc) is 2.58. The van der Waals surface area contributed by atoms with Gasteiger partial charge in [-0.05, 0) is 26.3 Å². The van der Waals surface area contributed by atoms with Crippen LogP contribution in [0.25, 0.3) is 0 Å². The van der Waals surface area contributed by atoms with Gasteiger partial charge in [-0.3, -0.25) is 4.79 Å². The number of rotatable bonds is 6. The second-order valence-electron chi connectivity index (χ2n) is 3.59. The third-order valence-corrected chi connectivity index (χ3v) is 3.52. The molecule has 3 nitrogen and oxygen atoms in total. The van der Waals surface area contributed by atoms with Crippen molar-refractivity contribution in [3.8, 4) is 0 Å². The van der Waals surface area contributed by atoms with Crippen molar-refractivity contribution in [2.24, 2.45) is 5.73 Å². The molecule has 1 rings (SSSR count). The van der Waals surface area contributed by atoms with Crippen LogP contribution >= 0.6 is 11.3 Å². The highest BCUT2D eigenvalue weighted by atomic mass is 32.1. The number of carbonyl (C=O) groups excluding carboxylic acids is 1. The Morgan fingerprint density at radius 3 is 2.87 bits per heavy atom. The van der Waals surface area contributed by atoms with Crippen molar-refractivity contribution < 1.29 is 4.79 Å². The molecule has 2 N–H and O–H groups in total. The molecule has 0 aliphatic heterocycles. The van der Waals surface area contributed by atoms with Gasteiger partial charge >= 0.3 is 0 Å². The van der Waals surface area contributed by atoms with E-state index in [9.17, 15) is 4.79 Å². The molecule has 0 aliphatic carbocycles. The summed E-state index contributed by atoms with van der Waals surface area (Å²) in [5, 5.41) is 0.657. The zero-order valence-corrected chi connectivity index (χ0v) is 10.2. The first kappa shape index (κ1) is 12.3. The first-order chi connectivity index (χ1) is 7.19. The molecule has 1 aromatic rings. The SMILES string of the molecule is CCCCC(=O)c1nc(C)c(CCN)s1. The van der Waals surface area contributed by atoms with Crippen molar-refractivity contribution in [3.63, 3.8) is 0 Å². The van der Waals surface area contributed by atoms with Gasteiger partial charge in [-0.15, -0.1) is 11.3 Å². The normalized spacial score (nSPS) is 10.6. The average molecular weight is 226 g/mol. The van der Waals surface area contributed by atoms with Crippen molar-refractivity contribution in [2.45, 2.75) is 39.5 Å². The molecule has 0 atom stereocenters. The van der Waals surface area contributed by atoms with Gasteiger partial charge in [0.2, 0.25) is 0 Å². The van der Waals surface area contributed by atoms with E-state index in [0.717, 1.165) is 29.8 Å². The summed E-state index contributed by atoms with van der Waals surface area (Å²) in [6.07, 6.45) is 3.44. The minimum atomic E-state index is 0.174. The first-order valence-electron chi connectivity index (χ1n) is 5.38. The summed E-state index contributed by atoms with van der Waals surface area (Å²) in [5.74, 6) is 0.174. The fourth-order valence-electron chi connectivity index (χ4n) is 1.35. The van der Waals surface area contributed by atoms with Gasteiger partial charge in [0.15, 0.2) is 10.8 Å². The molecule has 0 fully saturated rings. The van der Waals surface area contributed by atoms with E-state index in [4.69, 9.17) is 5.73 Å². The van der Waals surface area contributed by atoms with Crippen LogP contribution in [0.3, 0.4) is 0 Å². The van der Waals surface area contributed by atoms with Crippen LogP contribution in [0.2, 0.25) is 0 Å². The molecular weight excluding hydrogens is 208 g/mol. The lowest BCUT2D eigenvalue weighted by molar-refractivity contribution is 0.0979. The predicted octanol–water partition coefficient (Wildman–Crippen LogP) is 2.33. The topological polar surface area (TPSA) is 56.0 Å². The number of hydrogen-bond acceptors (Lipinski definition) is 4. The van der Waals surface area contributed by atoms with E-state index in [2.05, 4.69) is 11.9 Å². The van der Waals surface area contributed by atoms with E-state index in [1.807, 2.05) is 6.92 Å². The number of nitrogens with zero attached hydrogens (tertiary/aromatic N) is 1. The highest BCUT2D eigenvalue weighted by Crippen LogP contribution is 2.20. The van der Waals surface area contributed by atoms with Gasteiger partial charge in [0.25, 0.3) is 0 Å². The summed E-state index contributed by atoms with van der Waals surface area (Å²) in [7, 11) is 0. The summed E-state index contributed by atoms with van der Waals surface area (Å²) < 4.78 is 0. The molecule has 4 heteroatoms. The Kier molecular flexibility index (Phi) is 4.91. The van der Waals surface area contributed by atoms with Crippen molar-refractivity contribution in [2.75, 3.05) is 6.54 Å². The predicted molar refractivity (Wildman–Crippen MR) is 63.5 cm³/mol. The largest absolute Gasteiger partial charge is 0.330 e. The number of aromatic nitrogens is 1. The van der Waals surface area contributed by atoms with Gasteiger partial charge in [-0.2, -0.15) is 0 Å². The molecule has 0 aliphatic rings. The quantitative estimate of drug-likeness (QED) is 0.757. The van der Waals surface area contributed by atoms with Gasteiger partial charge in [0.1, 0.15) is 0 Å². The number of carbonyl (C=O) groups is 1. The molecule has 1 heterocycles. The zero-order chi connectivity index (χ0) is 11.3. The molecule has 0 spiro atoms. The van der Waals surface area contributed by atoms with Crippen LogP contribution < -0.4 is 5.73 Å². The lowest BCUT2D eigenvalue weighted by Gasteiger charge is -1.93. The molecule has 84 valence electrons. The van der Waals surface area contributed by atoms with Gasteiger partial charge in [-0.1, -0.05) is 13.3 Å². The summed E-state index contributed by atoms with van der Waals surface area (Å²) in [6.45, 7) is 4.64. The third-order valence-electron chi connectivity index (χ3n) is 2.26. The molecule has 0 bridgehead atoms. The van der Waals surface area contributed by atoms with E-state index in [1.54, 1.807) is 0 Å². The van der Waals surface area contributed by atoms with Crippen LogP contribution in [-0.4, -0.2) is 17.3 Å². The highest BCUT2D eigenvalue weighted by molar-refractivity contribution is 7.13. The number of unbranched alkanes of at least 4 members (excludes halogenated alkanes) is 1. The summed E-state index contributed by atoms with van der Waals surface area (Å²) in [4.78, 5) is 17.1. The smallest absolute Gasteiger partial charge is 0.191 e. The van der Waals surface area contributed by atoms with E-state index in [-0.39, 0.29) is 5.78 Å². The third kappa shape index (κ3) is 3.39. The maximum absolute atomic E-state index is 11.7. The van der Waals surface area contributed by atoms with Crippen molar-refractivity contribution in [3.05, 3.63) is 15.6 Å². The molecule has 15 heavy (non-hydrogen) atoms. The van der Waals surface area contributed by atoms with Gasteiger partial charge in [0, 0.05) is 11.3 Å². The molecule has 0 saturated heterocycles. The lowest BCUT2D eigenvalue weighted by Crippen LogP contribution is -2.01. The molecule has 0 radical (unpaired) electrons. The van der Waals surface area contributed by atoms with Crippen LogP contribution in [0.15, 0.2) is 0 Å². The zero-order valence-electron chi connectivity index (χ0n) is 9.38. The number of hydrogen-bond donors (Lipinski definition) is 1. The summed E-state index contributed by atoms with van der Waals surface area (Å²) in [6, 6.07) is 0. The van der Waals surface area contributed by atoms with E-state index >= 15 is 0 Å². The fraction of sp³-hybridized carbons (Fsp3) is 0.636. The Bertz CT molecular complexity index is 333. The van der Waals surface area contributed by atoms with Gasteiger partial charge in [0.05, 0.1) is 5.69 Å². The van der Waals surface area contributed by atoms with Crippen molar-refractivity contribution >= 4 is 17.1 Å². The maximum atomic E-state index is 11.7. The van der Waals surface area contributed by atoms with E-state index in [1.165, 1.54) is 11.3 Å².